The van der Waals surface area contributed by atoms with Crippen molar-refractivity contribution in [2.45, 2.75) is 51.2 Å². The van der Waals surface area contributed by atoms with Crippen LogP contribution in [0.5, 0.6) is 0 Å². The Kier molecular flexibility index (Phi) is 6.33. The summed E-state index contributed by atoms with van der Waals surface area (Å²) in [6.07, 6.45) is 6.01. The van der Waals surface area contributed by atoms with Gasteiger partial charge in [-0.25, -0.2) is 0 Å². The summed E-state index contributed by atoms with van der Waals surface area (Å²) in [4.78, 5) is 0. The number of rotatable bonds is 6. The summed E-state index contributed by atoms with van der Waals surface area (Å²) in [6, 6.07) is 6.14. The van der Waals surface area contributed by atoms with Gasteiger partial charge in [-0.2, -0.15) is 0 Å². The van der Waals surface area contributed by atoms with Crippen LogP contribution < -0.4 is 5.32 Å². The maximum absolute atomic E-state index is 10.00. The van der Waals surface area contributed by atoms with Gasteiger partial charge in [0.1, 0.15) is 0 Å². The first-order valence-electron chi connectivity index (χ1n) is 7.45. The standard InChI is InChI=1S/C16H24BrNO2/c1-12-7-8-15(17)16(9-12)18-10-13(19)11-20-14-5-3-2-4-6-14/h7-9,13-14,18-19H,2-6,10-11H2,1H3. The van der Waals surface area contributed by atoms with Gasteiger partial charge in [-0.1, -0.05) is 25.3 Å². The van der Waals surface area contributed by atoms with Gasteiger partial charge >= 0.3 is 0 Å². The zero-order chi connectivity index (χ0) is 14.4. The Balaban J connectivity index is 1.71. The van der Waals surface area contributed by atoms with Crippen LogP contribution in [0, 0.1) is 6.92 Å². The number of halogens is 1. The van der Waals surface area contributed by atoms with Crippen molar-refractivity contribution in [2.75, 3.05) is 18.5 Å². The van der Waals surface area contributed by atoms with E-state index in [0.29, 0.717) is 19.3 Å². The summed E-state index contributed by atoms with van der Waals surface area (Å²) < 4.78 is 6.80. The fourth-order valence-corrected chi connectivity index (χ4v) is 2.93. The molecule has 0 saturated heterocycles. The number of ether oxygens (including phenoxy) is 1. The van der Waals surface area contributed by atoms with Crippen molar-refractivity contribution in [2.24, 2.45) is 0 Å². The summed E-state index contributed by atoms with van der Waals surface area (Å²) >= 11 is 3.51. The average Bonchev–Trinajstić information content (AvgIpc) is 2.47. The van der Waals surface area contributed by atoms with Crippen molar-refractivity contribution in [1.29, 1.82) is 0 Å². The molecule has 1 aliphatic carbocycles. The number of aliphatic hydroxyl groups is 1. The number of anilines is 1. The first-order chi connectivity index (χ1) is 9.65. The third-order valence-electron chi connectivity index (χ3n) is 3.73. The van der Waals surface area contributed by atoms with Crippen LogP contribution in [0.15, 0.2) is 22.7 Å². The largest absolute Gasteiger partial charge is 0.389 e. The Labute approximate surface area is 129 Å². The number of aliphatic hydroxyl groups excluding tert-OH is 1. The number of hydrogen-bond donors (Lipinski definition) is 2. The lowest BCUT2D eigenvalue weighted by Gasteiger charge is -2.23. The van der Waals surface area contributed by atoms with Gasteiger partial charge < -0.3 is 15.2 Å². The van der Waals surface area contributed by atoms with Gasteiger partial charge in [0.05, 0.1) is 18.8 Å². The zero-order valence-electron chi connectivity index (χ0n) is 12.1. The summed E-state index contributed by atoms with van der Waals surface area (Å²) in [5.74, 6) is 0. The minimum Gasteiger partial charge on any atom is -0.389 e. The van der Waals surface area contributed by atoms with Crippen molar-refractivity contribution in [3.05, 3.63) is 28.2 Å². The second-order valence-corrected chi connectivity index (χ2v) is 6.47. The van der Waals surface area contributed by atoms with Gasteiger partial charge in [0.25, 0.3) is 0 Å². The summed E-state index contributed by atoms with van der Waals surface area (Å²) in [7, 11) is 0. The van der Waals surface area contributed by atoms with Crippen molar-refractivity contribution >= 4 is 21.6 Å². The highest BCUT2D eigenvalue weighted by molar-refractivity contribution is 9.10. The van der Waals surface area contributed by atoms with E-state index in [9.17, 15) is 5.11 Å². The Morgan fingerprint density at radius 2 is 2.10 bits per heavy atom. The third kappa shape index (κ3) is 5.08. The molecule has 0 heterocycles. The topological polar surface area (TPSA) is 41.5 Å². The number of aryl methyl sites for hydroxylation is 1. The lowest BCUT2D eigenvalue weighted by atomic mass is 9.98. The molecule has 1 saturated carbocycles. The predicted molar refractivity (Wildman–Crippen MR) is 86.2 cm³/mol. The van der Waals surface area contributed by atoms with Crippen molar-refractivity contribution in [3.8, 4) is 0 Å². The van der Waals surface area contributed by atoms with Gasteiger partial charge in [0.15, 0.2) is 0 Å². The molecule has 20 heavy (non-hydrogen) atoms. The third-order valence-corrected chi connectivity index (χ3v) is 4.42. The van der Waals surface area contributed by atoms with E-state index in [4.69, 9.17) is 4.74 Å². The van der Waals surface area contributed by atoms with Crippen molar-refractivity contribution in [3.63, 3.8) is 0 Å². The van der Waals surface area contributed by atoms with Crippen molar-refractivity contribution in [1.82, 2.24) is 0 Å². The summed E-state index contributed by atoms with van der Waals surface area (Å²) in [5.41, 5.74) is 2.21. The molecular weight excluding hydrogens is 318 g/mol. The van der Waals surface area contributed by atoms with Gasteiger partial charge in [0.2, 0.25) is 0 Å². The Hall–Kier alpha value is -0.580. The normalized spacial score (nSPS) is 17.9. The molecule has 0 amide bonds. The first kappa shape index (κ1) is 15.8. The minimum atomic E-state index is -0.468. The Bertz CT molecular complexity index is 419. The molecule has 1 unspecified atom stereocenters. The molecule has 0 aliphatic heterocycles. The van der Waals surface area contributed by atoms with Crippen LogP contribution >= 0.6 is 15.9 Å². The van der Waals surface area contributed by atoms with E-state index < -0.39 is 6.10 Å². The monoisotopic (exact) mass is 341 g/mol. The number of nitrogens with one attached hydrogen (secondary N) is 1. The molecule has 0 radical (unpaired) electrons. The molecule has 1 aromatic rings. The predicted octanol–water partition coefficient (Wildman–Crippen LogP) is 3.88. The molecule has 2 rings (SSSR count). The van der Waals surface area contributed by atoms with Crippen LogP contribution in [0.4, 0.5) is 5.69 Å². The van der Waals surface area contributed by atoms with Gasteiger partial charge in [-0.15, -0.1) is 0 Å². The molecule has 1 fully saturated rings. The maximum Gasteiger partial charge on any atom is 0.0945 e. The first-order valence-corrected chi connectivity index (χ1v) is 8.24. The Morgan fingerprint density at radius 3 is 2.85 bits per heavy atom. The zero-order valence-corrected chi connectivity index (χ0v) is 13.7. The van der Waals surface area contributed by atoms with E-state index in [1.165, 1.54) is 24.8 Å². The highest BCUT2D eigenvalue weighted by Gasteiger charge is 2.15. The van der Waals surface area contributed by atoms with E-state index in [-0.39, 0.29) is 0 Å². The summed E-state index contributed by atoms with van der Waals surface area (Å²) in [5, 5.41) is 13.3. The lowest BCUT2D eigenvalue weighted by Crippen LogP contribution is -2.28. The minimum absolute atomic E-state index is 0.351. The molecule has 0 bridgehead atoms. The smallest absolute Gasteiger partial charge is 0.0945 e. The lowest BCUT2D eigenvalue weighted by molar-refractivity contribution is -0.0195. The molecule has 1 atom stereocenters. The fourth-order valence-electron chi connectivity index (χ4n) is 2.54. The SMILES string of the molecule is Cc1ccc(Br)c(NCC(O)COC2CCCCC2)c1. The van der Waals surface area contributed by atoms with Gasteiger partial charge in [0, 0.05) is 16.7 Å². The molecule has 1 aliphatic rings. The fraction of sp³-hybridized carbons (Fsp3) is 0.625. The molecule has 4 heteroatoms. The van der Waals surface area contributed by atoms with Crippen LogP contribution in [-0.4, -0.2) is 30.5 Å². The number of benzene rings is 1. The van der Waals surface area contributed by atoms with E-state index in [2.05, 4.69) is 40.3 Å². The molecule has 0 aromatic heterocycles. The molecule has 1 aromatic carbocycles. The van der Waals surface area contributed by atoms with E-state index in [0.717, 1.165) is 23.0 Å². The molecule has 3 nitrogen and oxygen atoms in total. The Morgan fingerprint density at radius 1 is 1.35 bits per heavy atom. The van der Waals surface area contributed by atoms with Crippen LogP contribution in [0.2, 0.25) is 0 Å². The van der Waals surface area contributed by atoms with Crippen LogP contribution in [0.25, 0.3) is 0 Å². The maximum atomic E-state index is 10.00. The van der Waals surface area contributed by atoms with Crippen LogP contribution in [0.3, 0.4) is 0 Å². The highest BCUT2D eigenvalue weighted by atomic mass is 79.9. The van der Waals surface area contributed by atoms with Crippen LogP contribution in [-0.2, 0) is 4.74 Å². The average molecular weight is 342 g/mol. The van der Waals surface area contributed by atoms with Crippen LogP contribution in [0.1, 0.15) is 37.7 Å². The second kappa shape index (κ2) is 8.01. The molecular formula is C16H24BrNO2. The molecule has 0 spiro atoms. The number of hydrogen-bond acceptors (Lipinski definition) is 3. The quantitative estimate of drug-likeness (QED) is 0.824. The highest BCUT2D eigenvalue weighted by Crippen LogP contribution is 2.23. The van der Waals surface area contributed by atoms with Gasteiger partial charge in [-0.3, -0.25) is 0 Å². The van der Waals surface area contributed by atoms with Crippen molar-refractivity contribution < 1.29 is 9.84 Å². The molecule has 112 valence electrons. The van der Waals surface area contributed by atoms with Gasteiger partial charge in [-0.05, 0) is 53.4 Å². The summed E-state index contributed by atoms with van der Waals surface area (Å²) in [6.45, 7) is 2.98. The van der Waals surface area contributed by atoms with E-state index in [1.54, 1.807) is 0 Å². The van der Waals surface area contributed by atoms with E-state index in [1.807, 2.05) is 6.07 Å². The second-order valence-electron chi connectivity index (χ2n) is 5.61. The van der Waals surface area contributed by atoms with E-state index >= 15 is 0 Å². The molecule has 2 N–H and O–H groups in total.